The number of rotatable bonds is 8. The van der Waals surface area contributed by atoms with Crippen LogP contribution in [0.1, 0.15) is 139 Å². The fourth-order valence-electron chi connectivity index (χ4n) is 8.06. The molecule has 38 heavy (non-hydrogen) atoms. The molecule has 1 fully saturated rings. The van der Waals surface area contributed by atoms with Crippen LogP contribution in [0.2, 0.25) is 0 Å². The summed E-state index contributed by atoms with van der Waals surface area (Å²) in [5.41, 5.74) is 6.37. The number of benzene rings is 2. The number of aromatic hydroxyl groups is 2. The maximum atomic E-state index is 11.7. The van der Waals surface area contributed by atoms with E-state index in [0.29, 0.717) is 35.7 Å². The van der Waals surface area contributed by atoms with E-state index in [4.69, 9.17) is 0 Å². The van der Waals surface area contributed by atoms with Gasteiger partial charge in [-0.2, -0.15) is 0 Å². The van der Waals surface area contributed by atoms with E-state index in [-0.39, 0.29) is 28.4 Å². The Morgan fingerprint density at radius 3 is 2.32 bits per heavy atom. The lowest BCUT2D eigenvalue weighted by Gasteiger charge is -2.56. The molecular formula is C35H50O3. The number of hydrogen-bond donors (Lipinski definition) is 2. The molecule has 2 aliphatic rings. The molecule has 0 saturated heterocycles. The average Bonchev–Trinajstić information content (AvgIpc) is 2.81. The van der Waals surface area contributed by atoms with E-state index in [1.54, 1.807) is 6.92 Å². The first-order valence-electron chi connectivity index (χ1n) is 14.9. The highest BCUT2D eigenvalue weighted by Crippen LogP contribution is 2.60. The van der Waals surface area contributed by atoms with Crippen LogP contribution in [0.15, 0.2) is 30.3 Å². The van der Waals surface area contributed by atoms with Crippen molar-refractivity contribution in [2.45, 2.75) is 124 Å². The zero-order valence-corrected chi connectivity index (χ0v) is 25.0. The first-order valence-corrected chi connectivity index (χ1v) is 14.9. The second-order valence-corrected chi connectivity index (χ2v) is 14.1. The first-order chi connectivity index (χ1) is 17.7. The van der Waals surface area contributed by atoms with Gasteiger partial charge in [0.15, 0.2) is 0 Å². The van der Waals surface area contributed by atoms with Crippen LogP contribution < -0.4 is 0 Å². The molecule has 0 heterocycles. The molecule has 0 spiro atoms. The maximum Gasteiger partial charge on any atom is 0.129 e. The summed E-state index contributed by atoms with van der Waals surface area (Å²) in [5, 5.41) is 21.9. The summed E-state index contributed by atoms with van der Waals surface area (Å²) in [6, 6.07) is 10.6. The lowest BCUT2D eigenvalue weighted by molar-refractivity contribution is -0.117. The van der Waals surface area contributed by atoms with Crippen molar-refractivity contribution in [1.82, 2.24) is 0 Å². The number of phenols is 2. The molecule has 4 rings (SSSR count). The topological polar surface area (TPSA) is 57.5 Å². The minimum atomic E-state index is 0.0795. The summed E-state index contributed by atoms with van der Waals surface area (Å²) in [6.07, 6.45) is 7.03. The van der Waals surface area contributed by atoms with Crippen molar-refractivity contribution in [3.8, 4) is 11.5 Å². The molecule has 4 atom stereocenters. The number of phenolic OH excluding ortho intramolecular Hbond substituents is 2. The van der Waals surface area contributed by atoms with E-state index in [1.807, 2.05) is 6.07 Å². The second-order valence-electron chi connectivity index (χ2n) is 14.1. The Bertz CT molecular complexity index is 1170. The lowest BCUT2D eigenvalue weighted by atomic mass is 9.48. The minimum Gasteiger partial charge on any atom is -0.508 e. The maximum absolute atomic E-state index is 11.7. The molecule has 208 valence electrons. The molecule has 1 saturated carbocycles. The van der Waals surface area contributed by atoms with Crippen molar-refractivity contribution in [3.63, 3.8) is 0 Å². The van der Waals surface area contributed by atoms with Gasteiger partial charge in [0, 0.05) is 6.42 Å². The molecule has 3 heteroatoms. The SMILES string of the molecule is CC(=O)CCC(c1cc(C[C@@H]2C[C@H]3C(C)(C)CCC[C@]3(C)c3cc(O)c(C(C)C)cc32)ccc1O)C(C)C. The summed E-state index contributed by atoms with van der Waals surface area (Å²) >= 11 is 0. The number of ketones is 1. The van der Waals surface area contributed by atoms with E-state index >= 15 is 0 Å². The zero-order chi connectivity index (χ0) is 28.0. The summed E-state index contributed by atoms with van der Waals surface area (Å²) in [5.74, 6) is 2.67. The molecule has 2 N–H and O–H groups in total. The lowest BCUT2D eigenvalue weighted by Crippen LogP contribution is -2.49. The fourth-order valence-corrected chi connectivity index (χ4v) is 8.06. The van der Waals surface area contributed by atoms with Crippen LogP contribution in [0, 0.1) is 17.3 Å². The van der Waals surface area contributed by atoms with Gasteiger partial charge in [0.05, 0.1) is 0 Å². The molecule has 0 radical (unpaired) electrons. The van der Waals surface area contributed by atoms with Crippen LogP contribution >= 0.6 is 0 Å². The Balaban J connectivity index is 1.77. The minimum absolute atomic E-state index is 0.0795. The van der Waals surface area contributed by atoms with Crippen LogP contribution in [-0.2, 0) is 16.6 Å². The van der Waals surface area contributed by atoms with Gasteiger partial charge in [0.2, 0.25) is 0 Å². The van der Waals surface area contributed by atoms with E-state index in [2.05, 4.69) is 72.7 Å². The molecule has 2 aromatic carbocycles. The van der Waals surface area contributed by atoms with Gasteiger partial charge in [-0.25, -0.2) is 0 Å². The molecule has 2 aliphatic carbocycles. The molecule has 0 bridgehead atoms. The Morgan fingerprint density at radius 2 is 1.68 bits per heavy atom. The van der Waals surface area contributed by atoms with Gasteiger partial charge in [-0.3, -0.25) is 0 Å². The predicted molar refractivity (Wildman–Crippen MR) is 157 cm³/mol. The van der Waals surface area contributed by atoms with E-state index in [1.165, 1.54) is 36.0 Å². The fraction of sp³-hybridized carbons (Fsp3) is 0.629. The largest absolute Gasteiger partial charge is 0.508 e. The highest BCUT2D eigenvalue weighted by molar-refractivity contribution is 5.75. The standard InChI is InChI=1S/C35H50O3/c1-21(2)26(12-10-23(5)36)29-17-24(11-13-31(29)37)16-25-18-33-34(6,7)14-9-15-35(33,8)30-20-32(38)27(22(3)4)19-28(25)30/h11,13,17,19-22,25-26,33,37-38H,9-10,12,14-16,18H2,1-8H3/t25-,26?,33+,35-/m1/s1. The molecular weight excluding hydrogens is 468 g/mol. The molecule has 3 nitrogen and oxygen atoms in total. The van der Waals surface area contributed by atoms with Gasteiger partial charge in [0.25, 0.3) is 0 Å². The van der Waals surface area contributed by atoms with E-state index in [9.17, 15) is 15.0 Å². The van der Waals surface area contributed by atoms with Gasteiger partial charge >= 0.3 is 0 Å². The quantitative estimate of drug-likeness (QED) is 0.366. The zero-order valence-electron chi connectivity index (χ0n) is 25.0. The van der Waals surface area contributed by atoms with Gasteiger partial charge in [0.1, 0.15) is 17.3 Å². The van der Waals surface area contributed by atoms with Gasteiger partial charge in [-0.15, -0.1) is 0 Å². The Labute approximate surface area is 231 Å². The van der Waals surface area contributed by atoms with Gasteiger partial charge < -0.3 is 15.0 Å². The number of carbonyl (C=O) groups is 1. The number of Topliss-reactive ketones (excluding diaryl/α,β-unsaturated/α-hetero) is 1. The third-order valence-electron chi connectivity index (χ3n) is 10.2. The van der Waals surface area contributed by atoms with Crippen LogP contribution in [0.5, 0.6) is 11.5 Å². The highest BCUT2D eigenvalue weighted by Gasteiger charge is 2.52. The third kappa shape index (κ3) is 5.40. The Kier molecular flexibility index (Phi) is 8.09. The highest BCUT2D eigenvalue weighted by atomic mass is 16.3. The smallest absolute Gasteiger partial charge is 0.129 e. The summed E-state index contributed by atoms with van der Waals surface area (Å²) in [4.78, 5) is 11.7. The van der Waals surface area contributed by atoms with E-state index < -0.39 is 0 Å². The number of carbonyl (C=O) groups excluding carboxylic acids is 1. The van der Waals surface area contributed by atoms with Gasteiger partial charge in [-0.1, -0.05) is 73.1 Å². The van der Waals surface area contributed by atoms with Crippen LogP contribution in [0.3, 0.4) is 0 Å². The van der Waals surface area contributed by atoms with Crippen LogP contribution in [-0.4, -0.2) is 16.0 Å². The van der Waals surface area contributed by atoms with Crippen molar-refractivity contribution in [2.24, 2.45) is 17.3 Å². The third-order valence-corrected chi connectivity index (χ3v) is 10.2. The van der Waals surface area contributed by atoms with Crippen molar-refractivity contribution >= 4 is 5.78 Å². The van der Waals surface area contributed by atoms with Crippen molar-refractivity contribution in [3.05, 3.63) is 58.1 Å². The number of hydrogen-bond acceptors (Lipinski definition) is 3. The average molecular weight is 519 g/mol. The first kappa shape index (κ1) is 28.7. The Morgan fingerprint density at radius 1 is 0.974 bits per heavy atom. The molecule has 1 unspecified atom stereocenters. The normalized spacial score (nSPS) is 25.2. The molecule has 0 amide bonds. The van der Waals surface area contributed by atoms with Crippen molar-refractivity contribution in [1.29, 1.82) is 0 Å². The predicted octanol–water partition coefficient (Wildman–Crippen LogP) is 9.14. The van der Waals surface area contributed by atoms with Crippen LogP contribution in [0.25, 0.3) is 0 Å². The summed E-state index contributed by atoms with van der Waals surface area (Å²) in [7, 11) is 0. The molecule has 2 aromatic rings. The molecule has 0 aliphatic heterocycles. The summed E-state index contributed by atoms with van der Waals surface area (Å²) < 4.78 is 0. The van der Waals surface area contributed by atoms with Crippen LogP contribution in [0.4, 0.5) is 0 Å². The monoisotopic (exact) mass is 518 g/mol. The van der Waals surface area contributed by atoms with Gasteiger partial charge in [-0.05, 0) is 119 Å². The number of fused-ring (bicyclic) bond motifs is 3. The Hall–Kier alpha value is -2.29. The second kappa shape index (κ2) is 10.7. The summed E-state index contributed by atoms with van der Waals surface area (Å²) in [6.45, 7) is 17.7. The molecule has 0 aromatic heterocycles. The van der Waals surface area contributed by atoms with E-state index in [0.717, 1.165) is 30.4 Å². The van der Waals surface area contributed by atoms with Crippen molar-refractivity contribution in [2.75, 3.05) is 0 Å². The van der Waals surface area contributed by atoms with Crippen molar-refractivity contribution < 1.29 is 15.0 Å².